The molecule has 0 saturated heterocycles. The van der Waals surface area contributed by atoms with Crippen LogP contribution in [0.1, 0.15) is 34.1 Å². The van der Waals surface area contributed by atoms with Crippen LogP contribution in [0.4, 0.5) is 0 Å². The molecule has 0 aromatic rings. The average Bonchev–Trinajstić information content (AvgIpc) is 2.12. The maximum absolute atomic E-state index is 9.81. The van der Waals surface area contributed by atoms with Crippen LogP contribution in [0.25, 0.3) is 0 Å². The van der Waals surface area contributed by atoms with E-state index in [1.54, 1.807) is 13.0 Å². The molecule has 0 spiro atoms. The molecule has 0 aromatic heterocycles. The van der Waals surface area contributed by atoms with Gasteiger partial charge in [-0.15, -0.1) is 0 Å². The van der Waals surface area contributed by atoms with Crippen LogP contribution in [0.5, 0.6) is 0 Å². The Labute approximate surface area is 97.1 Å². The lowest BCUT2D eigenvalue weighted by Crippen LogP contribution is -2.39. The van der Waals surface area contributed by atoms with E-state index in [1.165, 1.54) is 0 Å². The van der Waals surface area contributed by atoms with Gasteiger partial charge in [0.1, 0.15) is 6.10 Å². The van der Waals surface area contributed by atoms with Gasteiger partial charge in [0.25, 0.3) is 0 Å². The Morgan fingerprint density at radius 2 is 1.94 bits per heavy atom. The molecule has 0 radical (unpaired) electrons. The second kappa shape index (κ2) is 4.70. The van der Waals surface area contributed by atoms with Crippen molar-refractivity contribution in [3.05, 3.63) is 23.3 Å². The first kappa shape index (κ1) is 13.4. The van der Waals surface area contributed by atoms with Crippen LogP contribution in [0.3, 0.4) is 0 Å². The van der Waals surface area contributed by atoms with Crippen molar-refractivity contribution in [2.45, 2.75) is 52.4 Å². The minimum atomic E-state index is -0.790. The van der Waals surface area contributed by atoms with E-state index in [0.29, 0.717) is 6.42 Å². The lowest BCUT2D eigenvalue weighted by molar-refractivity contribution is 0.00683. The zero-order valence-electron chi connectivity index (χ0n) is 10.4. The summed E-state index contributed by atoms with van der Waals surface area (Å²) in [6.07, 6.45) is 2.10. The van der Waals surface area contributed by atoms with E-state index in [1.807, 2.05) is 26.8 Å². The van der Waals surface area contributed by atoms with Crippen molar-refractivity contribution in [2.75, 3.05) is 0 Å². The van der Waals surface area contributed by atoms with E-state index in [9.17, 15) is 15.3 Å². The first-order valence-electron chi connectivity index (χ1n) is 5.69. The van der Waals surface area contributed by atoms with Crippen molar-refractivity contribution in [3.63, 3.8) is 0 Å². The van der Waals surface area contributed by atoms with Gasteiger partial charge < -0.3 is 15.3 Å². The summed E-state index contributed by atoms with van der Waals surface area (Å²) in [5.74, 6) is 0. The van der Waals surface area contributed by atoms with E-state index in [-0.39, 0.29) is 5.41 Å². The molecule has 0 amide bonds. The number of rotatable bonds is 2. The molecule has 92 valence electrons. The van der Waals surface area contributed by atoms with Crippen LogP contribution in [-0.2, 0) is 0 Å². The largest absolute Gasteiger partial charge is 0.390 e. The number of aliphatic hydroxyl groups is 3. The summed E-state index contributed by atoms with van der Waals surface area (Å²) >= 11 is 0. The number of aliphatic hydroxyl groups excluding tert-OH is 3. The Kier molecular flexibility index (Phi) is 3.94. The van der Waals surface area contributed by atoms with E-state index >= 15 is 0 Å². The molecule has 0 saturated carbocycles. The predicted molar refractivity (Wildman–Crippen MR) is 63.9 cm³/mol. The maximum atomic E-state index is 9.81. The van der Waals surface area contributed by atoms with Crippen molar-refractivity contribution in [2.24, 2.45) is 5.41 Å². The fourth-order valence-electron chi connectivity index (χ4n) is 2.32. The summed E-state index contributed by atoms with van der Waals surface area (Å²) in [5, 5.41) is 28.8. The normalized spacial score (nSPS) is 32.2. The molecule has 0 aromatic carbocycles. The lowest BCUT2D eigenvalue weighted by Gasteiger charge is -2.38. The van der Waals surface area contributed by atoms with Crippen molar-refractivity contribution in [1.82, 2.24) is 0 Å². The number of hydrogen-bond acceptors (Lipinski definition) is 3. The summed E-state index contributed by atoms with van der Waals surface area (Å²) in [5.41, 5.74) is 1.63. The molecule has 1 aliphatic rings. The van der Waals surface area contributed by atoms with E-state index < -0.39 is 18.3 Å². The van der Waals surface area contributed by atoms with Crippen molar-refractivity contribution < 1.29 is 15.3 Å². The van der Waals surface area contributed by atoms with Gasteiger partial charge in [0.05, 0.1) is 12.2 Å². The predicted octanol–water partition coefficient (Wildman–Crippen LogP) is 1.39. The summed E-state index contributed by atoms with van der Waals surface area (Å²) in [4.78, 5) is 0. The first-order valence-corrected chi connectivity index (χ1v) is 5.69. The smallest absolute Gasteiger partial charge is 0.101 e. The summed E-state index contributed by atoms with van der Waals surface area (Å²) in [6, 6.07) is 0. The number of allylic oxidation sites excluding steroid dienone is 2. The highest BCUT2D eigenvalue weighted by atomic mass is 16.3. The van der Waals surface area contributed by atoms with Gasteiger partial charge in [-0.25, -0.2) is 0 Å². The highest BCUT2D eigenvalue weighted by molar-refractivity contribution is 5.36. The zero-order chi connectivity index (χ0) is 12.5. The van der Waals surface area contributed by atoms with Gasteiger partial charge in [-0.05, 0) is 36.8 Å². The third kappa shape index (κ3) is 2.73. The first-order chi connectivity index (χ1) is 7.25. The molecule has 3 unspecified atom stereocenters. The van der Waals surface area contributed by atoms with E-state index in [4.69, 9.17) is 0 Å². The highest BCUT2D eigenvalue weighted by Gasteiger charge is 2.36. The van der Waals surface area contributed by atoms with Crippen LogP contribution in [0.15, 0.2) is 23.3 Å². The molecular weight excluding hydrogens is 204 g/mol. The molecule has 0 bridgehead atoms. The van der Waals surface area contributed by atoms with Gasteiger partial charge in [0.2, 0.25) is 0 Å². The van der Waals surface area contributed by atoms with Gasteiger partial charge in [-0.3, -0.25) is 0 Å². The fourth-order valence-corrected chi connectivity index (χ4v) is 2.32. The van der Waals surface area contributed by atoms with Crippen molar-refractivity contribution in [1.29, 1.82) is 0 Å². The highest BCUT2D eigenvalue weighted by Crippen LogP contribution is 2.41. The standard InChI is InChI=1S/C13H22O3/c1-8(14)5-6-10-9(2)12(16)11(15)7-13(10,3)4/h5-6,8,11-12,14-16H,7H2,1-4H3/b6-5+. The lowest BCUT2D eigenvalue weighted by atomic mass is 9.70. The van der Waals surface area contributed by atoms with Gasteiger partial charge >= 0.3 is 0 Å². The minimum absolute atomic E-state index is 0.173. The van der Waals surface area contributed by atoms with Crippen molar-refractivity contribution >= 4 is 0 Å². The minimum Gasteiger partial charge on any atom is -0.390 e. The number of hydrogen-bond donors (Lipinski definition) is 3. The topological polar surface area (TPSA) is 60.7 Å². The van der Waals surface area contributed by atoms with E-state index in [2.05, 4.69) is 0 Å². The molecule has 0 heterocycles. The average molecular weight is 226 g/mol. The molecule has 16 heavy (non-hydrogen) atoms. The molecule has 3 atom stereocenters. The van der Waals surface area contributed by atoms with Crippen LogP contribution in [0, 0.1) is 5.41 Å². The summed E-state index contributed by atoms with van der Waals surface area (Å²) < 4.78 is 0. The van der Waals surface area contributed by atoms with Crippen LogP contribution < -0.4 is 0 Å². The van der Waals surface area contributed by atoms with E-state index in [0.717, 1.165) is 11.1 Å². The molecular formula is C13H22O3. The Bertz CT molecular complexity index is 313. The molecule has 1 rings (SSSR count). The second-order valence-electron chi connectivity index (χ2n) is 5.30. The Balaban J connectivity index is 3.09. The van der Waals surface area contributed by atoms with Crippen LogP contribution in [0.2, 0.25) is 0 Å². The SMILES string of the molecule is CC1=C(/C=C/C(C)O)C(C)(C)CC(O)C1O. The quantitative estimate of drug-likeness (QED) is 0.667. The molecule has 3 N–H and O–H groups in total. The van der Waals surface area contributed by atoms with Crippen LogP contribution in [-0.4, -0.2) is 33.6 Å². The maximum Gasteiger partial charge on any atom is 0.101 e. The monoisotopic (exact) mass is 226 g/mol. The van der Waals surface area contributed by atoms with Gasteiger partial charge in [-0.1, -0.05) is 26.0 Å². The Hall–Kier alpha value is -0.640. The Morgan fingerprint density at radius 1 is 1.38 bits per heavy atom. The van der Waals surface area contributed by atoms with Crippen molar-refractivity contribution in [3.8, 4) is 0 Å². The molecule has 3 nitrogen and oxygen atoms in total. The fraction of sp³-hybridized carbons (Fsp3) is 0.692. The molecule has 1 aliphatic carbocycles. The summed E-state index contributed by atoms with van der Waals surface area (Å²) in [7, 11) is 0. The molecule has 0 fully saturated rings. The van der Waals surface area contributed by atoms with Gasteiger partial charge in [-0.2, -0.15) is 0 Å². The van der Waals surface area contributed by atoms with Gasteiger partial charge in [0, 0.05) is 0 Å². The molecule has 3 heteroatoms. The van der Waals surface area contributed by atoms with Gasteiger partial charge in [0.15, 0.2) is 0 Å². The third-order valence-corrected chi connectivity index (χ3v) is 3.22. The molecule has 0 aliphatic heterocycles. The zero-order valence-corrected chi connectivity index (χ0v) is 10.4. The summed E-state index contributed by atoms with van der Waals surface area (Å²) in [6.45, 7) is 7.59. The second-order valence-corrected chi connectivity index (χ2v) is 5.30. The third-order valence-electron chi connectivity index (χ3n) is 3.22. The Morgan fingerprint density at radius 3 is 2.44 bits per heavy atom. The van der Waals surface area contributed by atoms with Crippen LogP contribution >= 0.6 is 0 Å².